The van der Waals surface area contributed by atoms with Crippen molar-refractivity contribution in [3.05, 3.63) is 29.8 Å². The van der Waals surface area contributed by atoms with Crippen molar-refractivity contribution in [2.24, 2.45) is 4.99 Å². The zero-order chi connectivity index (χ0) is 18.9. The van der Waals surface area contributed by atoms with Gasteiger partial charge in [-0.05, 0) is 31.0 Å². The monoisotopic (exact) mass is 359 g/mol. The van der Waals surface area contributed by atoms with Gasteiger partial charge in [-0.25, -0.2) is 4.99 Å². The van der Waals surface area contributed by atoms with Crippen molar-refractivity contribution in [2.45, 2.75) is 46.2 Å². The largest absolute Gasteiger partial charge is 0.357 e. The molecule has 1 unspecified atom stereocenters. The van der Waals surface area contributed by atoms with Gasteiger partial charge in [-0.15, -0.1) is 0 Å². The Morgan fingerprint density at radius 3 is 2.81 bits per heavy atom. The van der Waals surface area contributed by atoms with Gasteiger partial charge in [0.25, 0.3) is 0 Å². The van der Waals surface area contributed by atoms with Crippen LogP contribution in [-0.4, -0.2) is 48.3 Å². The molecule has 1 atom stereocenters. The lowest BCUT2D eigenvalue weighted by atomic mass is 10.2. The van der Waals surface area contributed by atoms with Crippen molar-refractivity contribution < 1.29 is 9.59 Å². The molecule has 0 saturated carbocycles. The fraction of sp³-hybridized carbons (Fsp3) is 0.526. The highest BCUT2D eigenvalue weighted by Gasteiger charge is 2.25. The van der Waals surface area contributed by atoms with Crippen molar-refractivity contribution in [2.75, 3.05) is 25.0 Å². The SMILES string of the molecule is CCNC(=NCc1cccc(NC(C)=O)c1)NC1CCN(C(=O)CC)C1. The fourth-order valence-corrected chi connectivity index (χ4v) is 2.96. The Hall–Kier alpha value is -2.57. The van der Waals surface area contributed by atoms with Gasteiger partial charge >= 0.3 is 0 Å². The summed E-state index contributed by atoms with van der Waals surface area (Å²) in [6, 6.07) is 7.88. The van der Waals surface area contributed by atoms with E-state index in [9.17, 15) is 9.59 Å². The van der Waals surface area contributed by atoms with Crippen molar-refractivity contribution in [1.29, 1.82) is 0 Å². The van der Waals surface area contributed by atoms with Gasteiger partial charge < -0.3 is 20.9 Å². The lowest BCUT2D eigenvalue weighted by molar-refractivity contribution is -0.129. The number of carbonyl (C=O) groups is 2. The van der Waals surface area contributed by atoms with E-state index in [1.165, 1.54) is 6.92 Å². The maximum Gasteiger partial charge on any atom is 0.222 e. The van der Waals surface area contributed by atoms with E-state index in [-0.39, 0.29) is 17.9 Å². The number of likely N-dealkylation sites (tertiary alicyclic amines) is 1. The van der Waals surface area contributed by atoms with E-state index in [1.807, 2.05) is 43.0 Å². The van der Waals surface area contributed by atoms with Crippen molar-refractivity contribution in [3.8, 4) is 0 Å². The summed E-state index contributed by atoms with van der Waals surface area (Å²) in [5, 5.41) is 9.45. The molecule has 0 bridgehead atoms. The number of benzene rings is 1. The molecule has 3 N–H and O–H groups in total. The predicted molar refractivity (Wildman–Crippen MR) is 104 cm³/mol. The molecule has 0 radical (unpaired) electrons. The molecule has 2 rings (SSSR count). The summed E-state index contributed by atoms with van der Waals surface area (Å²) in [5.41, 5.74) is 1.79. The van der Waals surface area contributed by atoms with Gasteiger partial charge in [0, 0.05) is 44.7 Å². The molecule has 142 valence electrons. The molecule has 2 amide bonds. The van der Waals surface area contributed by atoms with Gasteiger partial charge in [0.05, 0.1) is 6.54 Å². The Bertz CT molecular complexity index is 659. The molecule has 7 nitrogen and oxygen atoms in total. The second-order valence-electron chi connectivity index (χ2n) is 6.40. The van der Waals surface area contributed by atoms with Gasteiger partial charge in [-0.3, -0.25) is 9.59 Å². The number of anilines is 1. The van der Waals surface area contributed by atoms with Crippen LogP contribution in [0.5, 0.6) is 0 Å². The molecule has 1 aliphatic heterocycles. The summed E-state index contributed by atoms with van der Waals surface area (Å²) >= 11 is 0. The molecule has 0 aliphatic carbocycles. The summed E-state index contributed by atoms with van der Waals surface area (Å²) in [7, 11) is 0. The number of rotatable bonds is 6. The van der Waals surface area contributed by atoms with E-state index in [4.69, 9.17) is 0 Å². The van der Waals surface area contributed by atoms with Gasteiger partial charge in [-0.2, -0.15) is 0 Å². The van der Waals surface area contributed by atoms with Crippen LogP contribution in [0.4, 0.5) is 5.69 Å². The highest BCUT2D eigenvalue weighted by molar-refractivity contribution is 5.88. The number of amides is 2. The Labute approximate surface area is 155 Å². The molecule has 1 aromatic carbocycles. The Balaban J connectivity index is 1.96. The quantitative estimate of drug-likeness (QED) is 0.533. The predicted octanol–water partition coefficient (Wildman–Crippen LogP) is 1.71. The third-order valence-corrected chi connectivity index (χ3v) is 4.20. The average Bonchev–Trinajstić information content (AvgIpc) is 3.07. The average molecular weight is 359 g/mol. The smallest absolute Gasteiger partial charge is 0.222 e. The molecule has 7 heteroatoms. The minimum atomic E-state index is -0.0897. The summed E-state index contributed by atoms with van der Waals surface area (Å²) in [6.45, 7) is 8.19. The third-order valence-electron chi connectivity index (χ3n) is 4.20. The van der Waals surface area contributed by atoms with Crippen molar-refractivity contribution in [3.63, 3.8) is 0 Å². The summed E-state index contributed by atoms with van der Waals surface area (Å²) in [4.78, 5) is 29.5. The molecule has 1 heterocycles. The van der Waals surface area contributed by atoms with Crippen LogP contribution in [0.3, 0.4) is 0 Å². The topological polar surface area (TPSA) is 85.8 Å². The maximum absolute atomic E-state index is 11.8. The van der Waals surface area contributed by atoms with Crippen LogP contribution in [-0.2, 0) is 16.1 Å². The van der Waals surface area contributed by atoms with Crippen LogP contribution in [0.1, 0.15) is 39.2 Å². The number of guanidine groups is 1. The molecular formula is C19H29N5O2. The van der Waals surface area contributed by atoms with Crippen LogP contribution in [0.2, 0.25) is 0 Å². The van der Waals surface area contributed by atoms with Crippen molar-refractivity contribution in [1.82, 2.24) is 15.5 Å². The summed E-state index contributed by atoms with van der Waals surface area (Å²) in [5.74, 6) is 0.854. The maximum atomic E-state index is 11.8. The number of hydrogen-bond acceptors (Lipinski definition) is 3. The fourth-order valence-electron chi connectivity index (χ4n) is 2.96. The van der Waals surface area contributed by atoms with Gasteiger partial charge in [0.2, 0.25) is 11.8 Å². The zero-order valence-electron chi connectivity index (χ0n) is 15.8. The first-order valence-electron chi connectivity index (χ1n) is 9.21. The molecule has 1 aliphatic rings. The Morgan fingerprint density at radius 2 is 2.12 bits per heavy atom. The number of carbonyl (C=O) groups excluding carboxylic acids is 2. The molecule has 0 aromatic heterocycles. The second-order valence-corrected chi connectivity index (χ2v) is 6.40. The van der Waals surface area contributed by atoms with E-state index >= 15 is 0 Å². The molecule has 26 heavy (non-hydrogen) atoms. The minimum absolute atomic E-state index is 0.0897. The van der Waals surface area contributed by atoms with E-state index in [2.05, 4.69) is 20.9 Å². The lowest BCUT2D eigenvalue weighted by Gasteiger charge is -2.18. The molecule has 1 fully saturated rings. The lowest BCUT2D eigenvalue weighted by Crippen LogP contribution is -2.45. The van der Waals surface area contributed by atoms with Crippen LogP contribution >= 0.6 is 0 Å². The number of nitrogens with one attached hydrogen (secondary N) is 3. The first-order valence-corrected chi connectivity index (χ1v) is 9.21. The van der Waals surface area contributed by atoms with Crippen LogP contribution in [0.15, 0.2) is 29.3 Å². The number of hydrogen-bond donors (Lipinski definition) is 3. The highest BCUT2D eigenvalue weighted by Crippen LogP contribution is 2.12. The van der Waals surface area contributed by atoms with Crippen molar-refractivity contribution >= 4 is 23.5 Å². The highest BCUT2D eigenvalue weighted by atomic mass is 16.2. The van der Waals surface area contributed by atoms with E-state index in [0.717, 1.165) is 43.3 Å². The second kappa shape index (κ2) is 9.79. The summed E-state index contributed by atoms with van der Waals surface area (Å²) in [6.07, 6.45) is 1.47. The van der Waals surface area contributed by atoms with Crippen LogP contribution in [0, 0.1) is 0 Å². The summed E-state index contributed by atoms with van der Waals surface area (Å²) < 4.78 is 0. The standard InChI is InChI=1S/C19H29N5O2/c1-4-18(26)24-10-9-17(13-24)23-19(20-5-2)21-12-15-7-6-8-16(11-15)22-14(3)25/h6-8,11,17H,4-5,9-10,12-13H2,1-3H3,(H,22,25)(H2,20,21,23). The van der Waals surface area contributed by atoms with E-state index in [1.54, 1.807) is 0 Å². The first-order chi connectivity index (χ1) is 12.5. The normalized spacial score (nSPS) is 17.1. The molecule has 1 aromatic rings. The van der Waals surface area contributed by atoms with E-state index < -0.39 is 0 Å². The van der Waals surface area contributed by atoms with E-state index in [0.29, 0.717) is 13.0 Å². The van der Waals surface area contributed by atoms with Gasteiger partial charge in [-0.1, -0.05) is 19.1 Å². The third kappa shape index (κ3) is 6.06. The molecular weight excluding hydrogens is 330 g/mol. The van der Waals surface area contributed by atoms with Crippen LogP contribution in [0.25, 0.3) is 0 Å². The Morgan fingerprint density at radius 1 is 1.31 bits per heavy atom. The van der Waals surface area contributed by atoms with Gasteiger partial charge in [0.15, 0.2) is 5.96 Å². The zero-order valence-corrected chi connectivity index (χ0v) is 15.8. The van der Waals surface area contributed by atoms with Gasteiger partial charge in [0.1, 0.15) is 0 Å². The minimum Gasteiger partial charge on any atom is -0.357 e. The first kappa shape index (κ1) is 19.8. The number of aliphatic imine (C=N–C) groups is 1. The Kier molecular flexibility index (Phi) is 7.44. The molecule has 1 saturated heterocycles. The molecule has 0 spiro atoms. The van der Waals surface area contributed by atoms with Crippen LogP contribution < -0.4 is 16.0 Å². The number of nitrogens with zero attached hydrogens (tertiary/aromatic N) is 2.